The zero-order valence-electron chi connectivity index (χ0n) is 15.6. The number of nitrogens with zero attached hydrogens (tertiary/aromatic N) is 2. The summed E-state index contributed by atoms with van der Waals surface area (Å²) in [5.41, 5.74) is 1.63. The van der Waals surface area contributed by atoms with Crippen LogP contribution in [0, 0.1) is 25.6 Å². The van der Waals surface area contributed by atoms with Crippen molar-refractivity contribution in [3.63, 3.8) is 0 Å². The van der Waals surface area contributed by atoms with E-state index in [4.69, 9.17) is 4.42 Å². The number of furan rings is 1. The third kappa shape index (κ3) is 3.48. The van der Waals surface area contributed by atoms with Crippen molar-refractivity contribution in [1.82, 2.24) is 9.80 Å². The second-order valence-corrected chi connectivity index (χ2v) is 7.44. The fourth-order valence-electron chi connectivity index (χ4n) is 3.92. The lowest BCUT2D eigenvalue weighted by molar-refractivity contribution is -0.134. The molecule has 0 spiro atoms. The maximum atomic E-state index is 13.1. The van der Waals surface area contributed by atoms with E-state index in [1.165, 1.54) is 12.1 Å². The van der Waals surface area contributed by atoms with Crippen molar-refractivity contribution >= 4 is 11.8 Å². The molecule has 1 aliphatic heterocycles. The molecule has 2 aromatic rings. The molecule has 6 heteroatoms. The van der Waals surface area contributed by atoms with Crippen molar-refractivity contribution in [2.45, 2.75) is 26.2 Å². The van der Waals surface area contributed by atoms with Crippen LogP contribution in [0.15, 0.2) is 34.7 Å². The zero-order chi connectivity index (χ0) is 19.1. The third-order valence-corrected chi connectivity index (χ3v) is 5.56. The minimum absolute atomic E-state index is 0.0171. The Morgan fingerprint density at radius 1 is 1.04 bits per heavy atom. The van der Waals surface area contributed by atoms with Gasteiger partial charge in [-0.1, -0.05) is 12.1 Å². The Bertz CT molecular complexity index is 866. The van der Waals surface area contributed by atoms with Crippen molar-refractivity contribution in [2.24, 2.45) is 5.92 Å². The van der Waals surface area contributed by atoms with Gasteiger partial charge in [-0.3, -0.25) is 9.59 Å². The average molecular weight is 370 g/mol. The maximum absolute atomic E-state index is 13.1. The molecule has 0 N–H and O–H groups in total. The molecule has 27 heavy (non-hydrogen) atoms. The summed E-state index contributed by atoms with van der Waals surface area (Å²) in [6, 6.07) is 8.18. The quantitative estimate of drug-likeness (QED) is 0.834. The van der Waals surface area contributed by atoms with Crippen LogP contribution in [0.3, 0.4) is 0 Å². The van der Waals surface area contributed by atoms with Gasteiger partial charge in [0.15, 0.2) is 0 Å². The summed E-state index contributed by atoms with van der Waals surface area (Å²) in [4.78, 5) is 29.0. The van der Waals surface area contributed by atoms with Gasteiger partial charge in [0.25, 0.3) is 5.91 Å². The van der Waals surface area contributed by atoms with Crippen LogP contribution >= 0.6 is 0 Å². The standard InChI is InChI=1S/C21H23FN2O3/c1-13-11-17(14(2)27-13)20(25)23-7-9-24(10-8-23)21(26)19-12-18(19)15-3-5-16(22)6-4-15/h3-6,11,18-19H,7-10,12H2,1-2H3/t18-,19-/m0/s1. The predicted molar refractivity (Wildman–Crippen MR) is 97.9 cm³/mol. The molecule has 0 radical (unpaired) electrons. The predicted octanol–water partition coefficient (Wildman–Crippen LogP) is 3.12. The van der Waals surface area contributed by atoms with Gasteiger partial charge in [-0.05, 0) is 49.9 Å². The second-order valence-electron chi connectivity index (χ2n) is 7.44. The first-order valence-corrected chi connectivity index (χ1v) is 9.34. The lowest BCUT2D eigenvalue weighted by atomic mass is 10.1. The van der Waals surface area contributed by atoms with Crippen LogP contribution < -0.4 is 0 Å². The highest BCUT2D eigenvalue weighted by molar-refractivity contribution is 5.95. The first-order chi connectivity index (χ1) is 12.9. The highest BCUT2D eigenvalue weighted by Gasteiger charge is 2.46. The van der Waals surface area contributed by atoms with E-state index in [0.717, 1.165) is 17.7 Å². The smallest absolute Gasteiger partial charge is 0.257 e. The zero-order valence-corrected chi connectivity index (χ0v) is 15.6. The third-order valence-electron chi connectivity index (χ3n) is 5.56. The summed E-state index contributed by atoms with van der Waals surface area (Å²) >= 11 is 0. The van der Waals surface area contributed by atoms with Gasteiger partial charge in [0.2, 0.25) is 5.91 Å². The van der Waals surface area contributed by atoms with E-state index in [1.54, 1.807) is 30.0 Å². The molecule has 1 saturated carbocycles. The Labute approximate surface area is 157 Å². The molecule has 1 saturated heterocycles. The molecule has 142 valence electrons. The molecule has 5 nitrogen and oxygen atoms in total. The molecule has 0 unspecified atom stereocenters. The van der Waals surface area contributed by atoms with Crippen molar-refractivity contribution < 1.29 is 18.4 Å². The summed E-state index contributed by atoms with van der Waals surface area (Å²) in [7, 11) is 0. The van der Waals surface area contributed by atoms with Gasteiger partial charge >= 0.3 is 0 Å². The largest absolute Gasteiger partial charge is 0.466 e. The molecule has 1 aliphatic carbocycles. The maximum Gasteiger partial charge on any atom is 0.257 e. The molecule has 2 fully saturated rings. The Morgan fingerprint density at radius 3 is 2.26 bits per heavy atom. The minimum atomic E-state index is -0.258. The molecule has 2 aliphatic rings. The number of aryl methyl sites for hydroxylation is 2. The molecule has 1 aromatic heterocycles. The normalized spacial score (nSPS) is 22.0. The van der Waals surface area contributed by atoms with Gasteiger partial charge in [0, 0.05) is 32.1 Å². The Morgan fingerprint density at radius 2 is 1.67 bits per heavy atom. The number of hydrogen-bond donors (Lipinski definition) is 0. The van der Waals surface area contributed by atoms with Crippen LogP contribution in [0.2, 0.25) is 0 Å². The number of carbonyl (C=O) groups is 2. The number of rotatable bonds is 3. The minimum Gasteiger partial charge on any atom is -0.466 e. The number of piperazine rings is 1. The fourth-order valence-corrected chi connectivity index (χ4v) is 3.92. The molecular formula is C21H23FN2O3. The number of benzene rings is 1. The average Bonchev–Trinajstić information content (AvgIpc) is 3.39. The van der Waals surface area contributed by atoms with E-state index in [-0.39, 0.29) is 29.5 Å². The summed E-state index contributed by atoms with van der Waals surface area (Å²) in [6.45, 7) is 5.78. The van der Waals surface area contributed by atoms with Crippen LogP contribution in [-0.4, -0.2) is 47.8 Å². The van der Waals surface area contributed by atoms with Crippen LogP contribution in [-0.2, 0) is 4.79 Å². The molecule has 1 aromatic carbocycles. The van der Waals surface area contributed by atoms with Crippen molar-refractivity contribution in [1.29, 1.82) is 0 Å². The summed E-state index contributed by atoms with van der Waals surface area (Å²) < 4.78 is 18.5. The van der Waals surface area contributed by atoms with E-state index < -0.39 is 0 Å². The highest BCUT2D eigenvalue weighted by atomic mass is 19.1. The molecule has 2 heterocycles. The molecule has 4 rings (SSSR count). The number of carbonyl (C=O) groups excluding carboxylic acids is 2. The summed E-state index contributed by atoms with van der Waals surface area (Å²) in [5, 5.41) is 0. The van der Waals surface area contributed by atoms with E-state index >= 15 is 0 Å². The summed E-state index contributed by atoms with van der Waals surface area (Å²) in [5.74, 6) is 1.39. The van der Waals surface area contributed by atoms with Gasteiger partial charge in [-0.2, -0.15) is 0 Å². The molecule has 2 atom stereocenters. The van der Waals surface area contributed by atoms with Crippen molar-refractivity contribution in [2.75, 3.05) is 26.2 Å². The van der Waals surface area contributed by atoms with Crippen molar-refractivity contribution in [3.05, 3.63) is 58.8 Å². The van der Waals surface area contributed by atoms with Crippen molar-refractivity contribution in [3.8, 4) is 0 Å². The van der Waals surface area contributed by atoms with Gasteiger partial charge in [0.1, 0.15) is 17.3 Å². The molecule has 0 bridgehead atoms. The molecule has 2 amide bonds. The number of hydrogen-bond acceptors (Lipinski definition) is 3. The lowest BCUT2D eigenvalue weighted by Crippen LogP contribution is -2.51. The van der Waals surface area contributed by atoms with Crippen LogP contribution in [0.4, 0.5) is 4.39 Å². The Balaban J connectivity index is 1.33. The second kappa shape index (κ2) is 6.83. The van der Waals surface area contributed by atoms with Gasteiger partial charge in [-0.25, -0.2) is 4.39 Å². The Hall–Kier alpha value is -2.63. The van der Waals surface area contributed by atoms with Crippen LogP contribution in [0.5, 0.6) is 0 Å². The van der Waals surface area contributed by atoms with E-state index in [9.17, 15) is 14.0 Å². The van der Waals surface area contributed by atoms with Gasteiger partial charge in [-0.15, -0.1) is 0 Å². The monoisotopic (exact) mass is 370 g/mol. The number of amides is 2. The van der Waals surface area contributed by atoms with Crippen LogP contribution in [0.25, 0.3) is 0 Å². The first-order valence-electron chi connectivity index (χ1n) is 9.34. The van der Waals surface area contributed by atoms with Crippen LogP contribution in [0.1, 0.15) is 39.8 Å². The number of halogens is 1. The fraction of sp³-hybridized carbons (Fsp3) is 0.429. The first kappa shape index (κ1) is 17.8. The summed E-state index contributed by atoms with van der Waals surface area (Å²) in [6.07, 6.45) is 0.817. The SMILES string of the molecule is Cc1cc(C(=O)N2CCN(C(=O)[C@H]3C[C@H]3c3ccc(F)cc3)CC2)c(C)o1. The van der Waals surface area contributed by atoms with Gasteiger partial charge < -0.3 is 14.2 Å². The van der Waals surface area contributed by atoms with E-state index in [2.05, 4.69) is 0 Å². The molecular weight excluding hydrogens is 347 g/mol. The van der Waals surface area contributed by atoms with E-state index in [0.29, 0.717) is 37.5 Å². The Kier molecular flexibility index (Phi) is 4.50. The van der Waals surface area contributed by atoms with Gasteiger partial charge in [0.05, 0.1) is 5.56 Å². The topological polar surface area (TPSA) is 53.8 Å². The lowest BCUT2D eigenvalue weighted by Gasteiger charge is -2.35. The van der Waals surface area contributed by atoms with E-state index in [1.807, 2.05) is 11.8 Å². The highest BCUT2D eigenvalue weighted by Crippen LogP contribution is 2.48.